The maximum absolute atomic E-state index is 13.0. The first-order valence-corrected chi connectivity index (χ1v) is 8.66. The second-order valence-electron chi connectivity index (χ2n) is 6.74. The van der Waals surface area contributed by atoms with E-state index in [-0.39, 0.29) is 17.8 Å². The lowest BCUT2D eigenvalue weighted by atomic mass is 9.87. The fourth-order valence-electron chi connectivity index (χ4n) is 3.48. The van der Waals surface area contributed by atoms with Crippen LogP contribution in [-0.2, 0) is 4.74 Å². The first-order chi connectivity index (χ1) is 11.6. The molecular formula is C18H26FN3O2. The normalized spacial score (nSPS) is 25.5. The number of hydrogen-bond donors (Lipinski definition) is 2. The molecule has 2 heterocycles. The van der Waals surface area contributed by atoms with Gasteiger partial charge in [-0.05, 0) is 37.5 Å². The number of nitrogens with zero attached hydrogens (tertiary/aromatic N) is 2. The lowest BCUT2D eigenvalue weighted by Gasteiger charge is -2.25. The lowest BCUT2D eigenvalue weighted by Crippen LogP contribution is -2.41. The van der Waals surface area contributed by atoms with E-state index in [0.717, 1.165) is 51.6 Å². The number of ether oxygens (including phenoxy) is 1. The van der Waals surface area contributed by atoms with E-state index in [9.17, 15) is 9.50 Å². The molecule has 0 amide bonds. The molecule has 0 bridgehead atoms. The smallest absolute Gasteiger partial charge is 0.194 e. The summed E-state index contributed by atoms with van der Waals surface area (Å²) in [6.07, 6.45) is 1.50. The van der Waals surface area contributed by atoms with Crippen molar-refractivity contribution in [1.82, 2.24) is 10.2 Å². The van der Waals surface area contributed by atoms with Crippen molar-refractivity contribution < 1.29 is 14.2 Å². The molecule has 132 valence electrons. The molecule has 0 radical (unpaired) electrons. The van der Waals surface area contributed by atoms with Gasteiger partial charge in [0.15, 0.2) is 5.96 Å². The topological polar surface area (TPSA) is 57.1 Å². The van der Waals surface area contributed by atoms with Gasteiger partial charge in [0.05, 0.1) is 19.3 Å². The third kappa shape index (κ3) is 3.87. The first kappa shape index (κ1) is 17.2. The molecule has 2 unspecified atom stereocenters. The van der Waals surface area contributed by atoms with Crippen molar-refractivity contribution in [2.75, 3.05) is 39.4 Å². The summed E-state index contributed by atoms with van der Waals surface area (Å²) in [5.74, 6) is 0.534. The number of nitrogens with one attached hydrogen (secondary N) is 1. The Hall–Kier alpha value is -1.66. The monoisotopic (exact) mass is 335 g/mol. The predicted octanol–water partition coefficient (Wildman–Crippen LogP) is 1.94. The number of hydrogen-bond acceptors (Lipinski definition) is 3. The molecule has 2 aliphatic heterocycles. The zero-order valence-electron chi connectivity index (χ0n) is 14.2. The lowest BCUT2D eigenvalue weighted by molar-refractivity contribution is 0.156. The molecule has 0 saturated carbocycles. The van der Waals surface area contributed by atoms with E-state index in [0.29, 0.717) is 5.56 Å². The van der Waals surface area contributed by atoms with E-state index in [1.165, 1.54) is 12.1 Å². The van der Waals surface area contributed by atoms with Crippen molar-refractivity contribution in [2.45, 2.75) is 25.9 Å². The largest absolute Gasteiger partial charge is 0.386 e. The highest BCUT2D eigenvalue weighted by atomic mass is 19.1. The summed E-state index contributed by atoms with van der Waals surface area (Å²) < 4.78 is 18.6. The van der Waals surface area contributed by atoms with Crippen molar-refractivity contribution in [1.29, 1.82) is 0 Å². The maximum Gasteiger partial charge on any atom is 0.194 e. The average molecular weight is 335 g/mol. The van der Waals surface area contributed by atoms with Gasteiger partial charge in [0.25, 0.3) is 0 Å². The summed E-state index contributed by atoms with van der Waals surface area (Å²) in [4.78, 5) is 6.86. The molecule has 2 aliphatic rings. The van der Waals surface area contributed by atoms with Crippen LogP contribution in [0.3, 0.4) is 0 Å². The Morgan fingerprint density at radius 3 is 2.88 bits per heavy atom. The summed E-state index contributed by atoms with van der Waals surface area (Å²) >= 11 is 0. The van der Waals surface area contributed by atoms with Gasteiger partial charge < -0.3 is 20.1 Å². The predicted molar refractivity (Wildman–Crippen MR) is 91.4 cm³/mol. The fraction of sp³-hybridized carbons (Fsp3) is 0.611. The van der Waals surface area contributed by atoms with E-state index in [4.69, 9.17) is 4.74 Å². The van der Waals surface area contributed by atoms with Crippen LogP contribution in [0.5, 0.6) is 0 Å². The summed E-state index contributed by atoms with van der Waals surface area (Å²) in [6, 6.07) is 5.92. The van der Waals surface area contributed by atoms with E-state index >= 15 is 0 Å². The van der Waals surface area contributed by atoms with Gasteiger partial charge >= 0.3 is 0 Å². The molecule has 1 aromatic carbocycles. The van der Waals surface area contributed by atoms with Crippen molar-refractivity contribution in [3.05, 3.63) is 35.6 Å². The Morgan fingerprint density at radius 2 is 2.21 bits per heavy atom. The summed E-state index contributed by atoms with van der Waals surface area (Å²) in [5, 5.41) is 13.6. The van der Waals surface area contributed by atoms with Crippen LogP contribution in [0.4, 0.5) is 4.39 Å². The molecule has 3 rings (SSSR count). The molecule has 2 N–H and O–H groups in total. The van der Waals surface area contributed by atoms with Gasteiger partial charge in [-0.2, -0.15) is 0 Å². The van der Waals surface area contributed by atoms with Crippen LogP contribution in [0.15, 0.2) is 29.3 Å². The van der Waals surface area contributed by atoms with Crippen LogP contribution in [0.25, 0.3) is 0 Å². The van der Waals surface area contributed by atoms with Gasteiger partial charge in [0, 0.05) is 31.7 Å². The van der Waals surface area contributed by atoms with Gasteiger partial charge in [-0.15, -0.1) is 0 Å². The van der Waals surface area contributed by atoms with E-state index in [1.807, 2.05) is 6.92 Å². The summed E-state index contributed by atoms with van der Waals surface area (Å²) in [7, 11) is 0. The number of aliphatic imine (C=N–C) groups is 1. The number of likely N-dealkylation sites (tertiary alicyclic amines) is 1. The molecule has 2 atom stereocenters. The second-order valence-corrected chi connectivity index (χ2v) is 6.74. The van der Waals surface area contributed by atoms with Crippen LogP contribution in [0.1, 0.15) is 31.4 Å². The summed E-state index contributed by atoms with van der Waals surface area (Å²) in [5.41, 5.74) is 0.948. The van der Waals surface area contributed by atoms with Crippen LogP contribution in [0.2, 0.25) is 0 Å². The molecule has 1 spiro atoms. The average Bonchev–Trinajstić information content (AvgIpc) is 3.22. The highest BCUT2D eigenvalue weighted by Crippen LogP contribution is 2.38. The molecule has 2 saturated heterocycles. The van der Waals surface area contributed by atoms with Gasteiger partial charge in [-0.3, -0.25) is 4.99 Å². The number of halogens is 1. The van der Waals surface area contributed by atoms with Crippen LogP contribution in [-0.4, -0.2) is 55.4 Å². The number of benzene rings is 1. The third-order valence-corrected chi connectivity index (χ3v) is 4.93. The molecule has 0 aliphatic carbocycles. The minimum atomic E-state index is -0.731. The molecular weight excluding hydrogens is 309 g/mol. The van der Waals surface area contributed by atoms with Crippen LogP contribution >= 0.6 is 0 Å². The zero-order valence-corrected chi connectivity index (χ0v) is 14.2. The Kier molecular flexibility index (Phi) is 5.36. The van der Waals surface area contributed by atoms with Gasteiger partial charge in [-0.1, -0.05) is 12.1 Å². The Balaban J connectivity index is 1.64. The van der Waals surface area contributed by atoms with Crippen molar-refractivity contribution >= 4 is 5.96 Å². The number of aliphatic hydroxyl groups is 1. The molecule has 24 heavy (non-hydrogen) atoms. The Morgan fingerprint density at radius 1 is 1.42 bits per heavy atom. The van der Waals surface area contributed by atoms with Crippen LogP contribution < -0.4 is 5.32 Å². The number of guanidine groups is 1. The van der Waals surface area contributed by atoms with Crippen LogP contribution in [0, 0.1) is 11.2 Å². The van der Waals surface area contributed by atoms with Gasteiger partial charge in [0.2, 0.25) is 0 Å². The molecule has 6 heteroatoms. The number of rotatable bonds is 4. The highest BCUT2D eigenvalue weighted by molar-refractivity contribution is 5.80. The molecule has 2 fully saturated rings. The first-order valence-electron chi connectivity index (χ1n) is 8.66. The Bertz CT molecular complexity index is 570. The molecule has 5 nitrogen and oxygen atoms in total. The third-order valence-electron chi connectivity index (χ3n) is 4.93. The maximum atomic E-state index is 13.0. The summed E-state index contributed by atoms with van der Waals surface area (Å²) in [6.45, 7) is 6.68. The second kappa shape index (κ2) is 7.49. The van der Waals surface area contributed by atoms with Crippen molar-refractivity contribution in [3.63, 3.8) is 0 Å². The Labute approximate surface area is 142 Å². The quantitative estimate of drug-likeness (QED) is 0.652. The fourth-order valence-corrected chi connectivity index (χ4v) is 3.48. The zero-order chi connectivity index (χ0) is 17.0. The standard InChI is InChI=1S/C18H26FN3O2/c1-2-20-17(22-9-7-18(12-22)8-10-24-13-18)21-11-16(23)14-3-5-15(19)6-4-14/h3-6,16,23H,2,7-13H2,1H3,(H,20,21). The van der Waals surface area contributed by atoms with E-state index in [2.05, 4.69) is 15.2 Å². The highest BCUT2D eigenvalue weighted by Gasteiger charge is 2.42. The number of aliphatic hydroxyl groups excluding tert-OH is 1. The van der Waals surface area contributed by atoms with Crippen molar-refractivity contribution in [2.24, 2.45) is 10.4 Å². The molecule has 0 aromatic heterocycles. The SMILES string of the molecule is CCNC(=NCC(O)c1ccc(F)cc1)N1CCC2(CCOC2)C1. The van der Waals surface area contributed by atoms with E-state index in [1.54, 1.807) is 12.1 Å². The van der Waals surface area contributed by atoms with Gasteiger partial charge in [-0.25, -0.2) is 4.39 Å². The minimum Gasteiger partial charge on any atom is -0.386 e. The van der Waals surface area contributed by atoms with Crippen molar-refractivity contribution in [3.8, 4) is 0 Å². The minimum absolute atomic E-state index is 0.258. The van der Waals surface area contributed by atoms with E-state index < -0.39 is 6.10 Å². The van der Waals surface area contributed by atoms with Gasteiger partial charge in [0.1, 0.15) is 5.82 Å². The molecule has 1 aromatic rings.